The third-order valence-electron chi connectivity index (χ3n) is 3.34. The summed E-state index contributed by atoms with van der Waals surface area (Å²) in [7, 11) is 0. The van der Waals surface area contributed by atoms with E-state index in [-0.39, 0.29) is 11.8 Å². The van der Waals surface area contributed by atoms with Gasteiger partial charge in [-0.05, 0) is 43.0 Å². The Morgan fingerprint density at radius 1 is 1.33 bits per heavy atom. The van der Waals surface area contributed by atoms with Gasteiger partial charge in [-0.1, -0.05) is 35.8 Å². The number of carboxylic acid groups (broad SMARTS) is 1. The second kappa shape index (κ2) is 9.05. The lowest BCUT2D eigenvalue weighted by Crippen LogP contribution is -2.26. The van der Waals surface area contributed by atoms with Crippen LogP contribution in [0.5, 0.6) is 5.75 Å². The van der Waals surface area contributed by atoms with E-state index < -0.39 is 5.97 Å². The lowest BCUT2D eigenvalue weighted by atomic mass is 9.84. The highest BCUT2D eigenvalue weighted by Gasteiger charge is 2.18. The van der Waals surface area contributed by atoms with Crippen LogP contribution >= 0.6 is 15.9 Å². The Kier molecular flexibility index (Phi) is 7.75. The van der Waals surface area contributed by atoms with Crippen molar-refractivity contribution in [2.45, 2.75) is 33.1 Å². The number of nitrogens with one attached hydrogen (secondary N) is 1. The van der Waals surface area contributed by atoms with Crippen LogP contribution in [0.25, 0.3) is 0 Å². The molecule has 0 saturated carbocycles. The number of carbonyl (C=O) groups is 1. The molecule has 0 fully saturated rings. The molecule has 1 aromatic rings. The van der Waals surface area contributed by atoms with E-state index in [2.05, 4.69) is 35.1 Å². The van der Waals surface area contributed by atoms with Crippen molar-refractivity contribution in [3.8, 4) is 5.75 Å². The molecule has 0 aliphatic rings. The number of benzene rings is 1. The zero-order chi connectivity index (χ0) is 15.7. The van der Waals surface area contributed by atoms with Crippen LogP contribution in [-0.2, 0) is 4.79 Å². The van der Waals surface area contributed by atoms with Crippen molar-refractivity contribution < 1.29 is 14.6 Å². The Hall–Kier alpha value is -1.07. The molecule has 1 rings (SSSR count). The summed E-state index contributed by atoms with van der Waals surface area (Å²) in [6.45, 7) is 6.48. The average Bonchev–Trinajstić information content (AvgIpc) is 2.41. The third-order valence-corrected chi connectivity index (χ3v) is 3.83. The quantitative estimate of drug-likeness (QED) is 0.626. The number of hydrogen-bond donors (Lipinski definition) is 2. The summed E-state index contributed by atoms with van der Waals surface area (Å²) in [5, 5.41) is 12.0. The molecule has 0 amide bonds. The molecule has 0 aliphatic heterocycles. The van der Waals surface area contributed by atoms with Crippen LogP contribution in [0, 0.1) is 5.41 Å². The van der Waals surface area contributed by atoms with Gasteiger partial charge in [-0.2, -0.15) is 0 Å². The molecule has 0 heterocycles. The van der Waals surface area contributed by atoms with Crippen LogP contribution in [0.1, 0.15) is 33.1 Å². The number of hydrogen-bond acceptors (Lipinski definition) is 3. The van der Waals surface area contributed by atoms with E-state index in [1.54, 1.807) is 0 Å². The van der Waals surface area contributed by atoms with Crippen molar-refractivity contribution in [3.05, 3.63) is 28.7 Å². The molecule has 0 radical (unpaired) electrons. The summed E-state index contributed by atoms with van der Waals surface area (Å²) >= 11 is 3.41. The molecule has 21 heavy (non-hydrogen) atoms. The minimum Gasteiger partial charge on any atom is -0.492 e. The lowest BCUT2D eigenvalue weighted by Gasteiger charge is -2.23. The van der Waals surface area contributed by atoms with Crippen molar-refractivity contribution in [1.82, 2.24) is 5.32 Å². The van der Waals surface area contributed by atoms with E-state index in [1.165, 1.54) is 0 Å². The SMILES string of the molecule is CC(C)(CCNCCOc1cccc(Br)c1)CCC(=O)O. The second-order valence-corrected chi connectivity index (χ2v) is 6.78. The Bertz CT molecular complexity index is 449. The first kappa shape index (κ1) is 18.0. The van der Waals surface area contributed by atoms with E-state index in [1.807, 2.05) is 24.3 Å². The maximum Gasteiger partial charge on any atom is 0.303 e. The van der Waals surface area contributed by atoms with E-state index in [9.17, 15) is 4.79 Å². The van der Waals surface area contributed by atoms with Crippen molar-refractivity contribution in [2.75, 3.05) is 19.7 Å². The maximum atomic E-state index is 10.6. The van der Waals surface area contributed by atoms with E-state index >= 15 is 0 Å². The predicted octanol–water partition coefficient (Wildman–Crippen LogP) is 3.70. The highest BCUT2D eigenvalue weighted by atomic mass is 79.9. The van der Waals surface area contributed by atoms with Gasteiger partial charge in [0.25, 0.3) is 0 Å². The van der Waals surface area contributed by atoms with Gasteiger partial charge < -0.3 is 15.2 Å². The fourth-order valence-electron chi connectivity index (χ4n) is 1.92. The molecule has 2 N–H and O–H groups in total. The topological polar surface area (TPSA) is 58.6 Å². The zero-order valence-electron chi connectivity index (χ0n) is 12.7. The zero-order valence-corrected chi connectivity index (χ0v) is 14.3. The van der Waals surface area contributed by atoms with Crippen molar-refractivity contribution in [1.29, 1.82) is 0 Å². The predicted molar refractivity (Wildman–Crippen MR) is 87.8 cm³/mol. The summed E-state index contributed by atoms with van der Waals surface area (Å²) < 4.78 is 6.64. The molecule has 0 aromatic heterocycles. The number of rotatable bonds is 10. The number of ether oxygens (including phenoxy) is 1. The molecular formula is C16H24BrNO3. The Labute approximate surface area is 135 Å². The first-order valence-corrected chi connectivity index (χ1v) is 7.99. The highest BCUT2D eigenvalue weighted by molar-refractivity contribution is 9.10. The molecule has 0 unspecified atom stereocenters. The van der Waals surface area contributed by atoms with E-state index in [0.717, 1.165) is 29.7 Å². The van der Waals surface area contributed by atoms with Gasteiger partial charge in [0.1, 0.15) is 12.4 Å². The molecule has 0 aliphatic carbocycles. The Balaban J connectivity index is 2.10. The molecule has 1 aromatic carbocycles. The molecule has 0 saturated heterocycles. The molecule has 4 nitrogen and oxygen atoms in total. The summed E-state index contributed by atoms with van der Waals surface area (Å²) in [5.41, 5.74) is 0.0521. The summed E-state index contributed by atoms with van der Waals surface area (Å²) in [4.78, 5) is 10.6. The van der Waals surface area contributed by atoms with Crippen LogP contribution in [-0.4, -0.2) is 30.8 Å². The molecule has 5 heteroatoms. The van der Waals surface area contributed by atoms with Crippen molar-refractivity contribution >= 4 is 21.9 Å². The Morgan fingerprint density at radius 3 is 2.76 bits per heavy atom. The fourth-order valence-corrected chi connectivity index (χ4v) is 2.30. The van der Waals surface area contributed by atoms with Gasteiger partial charge in [-0.3, -0.25) is 4.79 Å². The lowest BCUT2D eigenvalue weighted by molar-refractivity contribution is -0.137. The largest absolute Gasteiger partial charge is 0.492 e. The van der Waals surface area contributed by atoms with Gasteiger partial charge in [0.2, 0.25) is 0 Å². The third kappa shape index (κ3) is 8.73. The first-order chi connectivity index (χ1) is 9.89. The van der Waals surface area contributed by atoms with Gasteiger partial charge in [0.15, 0.2) is 0 Å². The smallest absolute Gasteiger partial charge is 0.303 e. The van der Waals surface area contributed by atoms with E-state index in [0.29, 0.717) is 13.0 Å². The molecule has 118 valence electrons. The van der Waals surface area contributed by atoms with Crippen LogP contribution < -0.4 is 10.1 Å². The van der Waals surface area contributed by atoms with Gasteiger partial charge in [-0.25, -0.2) is 0 Å². The fraction of sp³-hybridized carbons (Fsp3) is 0.562. The Morgan fingerprint density at radius 2 is 2.10 bits per heavy atom. The van der Waals surface area contributed by atoms with Gasteiger partial charge in [-0.15, -0.1) is 0 Å². The number of halogens is 1. The van der Waals surface area contributed by atoms with Crippen LogP contribution in [0.4, 0.5) is 0 Å². The summed E-state index contributed by atoms with van der Waals surface area (Å²) in [5.74, 6) is 0.131. The number of carboxylic acids is 1. The molecule has 0 bridgehead atoms. The average molecular weight is 358 g/mol. The normalized spacial score (nSPS) is 11.4. The maximum absolute atomic E-state index is 10.6. The van der Waals surface area contributed by atoms with Crippen LogP contribution in [0.2, 0.25) is 0 Å². The minimum atomic E-state index is -0.724. The summed E-state index contributed by atoms with van der Waals surface area (Å²) in [6, 6.07) is 7.77. The van der Waals surface area contributed by atoms with Crippen LogP contribution in [0.15, 0.2) is 28.7 Å². The van der Waals surface area contributed by atoms with Crippen molar-refractivity contribution in [3.63, 3.8) is 0 Å². The van der Waals surface area contributed by atoms with Gasteiger partial charge in [0, 0.05) is 17.4 Å². The standard InChI is InChI=1S/C16H24BrNO3/c1-16(2,7-6-15(19)20)8-9-18-10-11-21-14-5-3-4-13(17)12-14/h3-5,12,18H,6-11H2,1-2H3,(H,19,20). The molecule has 0 atom stereocenters. The van der Waals surface area contributed by atoms with Crippen molar-refractivity contribution in [2.24, 2.45) is 5.41 Å². The number of aliphatic carboxylic acids is 1. The molecular weight excluding hydrogens is 334 g/mol. The first-order valence-electron chi connectivity index (χ1n) is 7.20. The summed E-state index contributed by atoms with van der Waals surface area (Å²) in [6.07, 6.45) is 1.90. The minimum absolute atomic E-state index is 0.0521. The van der Waals surface area contributed by atoms with E-state index in [4.69, 9.17) is 9.84 Å². The monoisotopic (exact) mass is 357 g/mol. The highest BCUT2D eigenvalue weighted by Crippen LogP contribution is 2.25. The van der Waals surface area contributed by atoms with Gasteiger partial charge >= 0.3 is 5.97 Å². The van der Waals surface area contributed by atoms with Gasteiger partial charge in [0.05, 0.1) is 0 Å². The van der Waals surface area contributed by atoms with Crippen LogP contribution in [0.3, 0.4) is 0 Å². The second-order valence-electron chi connectivity index (χ2n) is 5.86. The molecule has 0 spiro atoms.